The lowest BCUT2D eigenvalue weighted by Gasteiger charge is -2.21. The molecule has 1 fully saturated rings. The molecular weight excluding hydrogens is 256 g/mol. The van der Waals surface area contributed by atoms with Gasteiger partial charge in [-0.15, -0.1) is 0 Å². The van der Waals surface area contributed by atoms with Crippen LogP contribution in [0.15, 0.2) is 24.3 Å². The van der Waals surface area contributed by atoms with Crippen molar-refractivity contribution in [1.82, 2.24) is 5.32 Å². The van der Waals surface area contributed by atoms with E-state index in [2.05, 4.69) is 10.6 Å². The Morgan fingerprint density at radius 1 is 1.35 bits per heavy atom. The van der Waals surface area contributed by atoms with Gasteiger partial charge in [-0.3, -0.25) is 4.79 Å². The Hall–Kier alpha value is -1.88. The Kier molecular flexibility index (Phi) is 5.12. The normalized spacial score (nSPS) is 18.4. The molecule has 0 radical (unpaired) electrons. The average molecular weight is 276 g/mol. The molecule has 5 nitrogen and oxygen atoms in total. The number of ether oxygens (including phenoxy) is 1. The lowest BCUT2D eigenvalue weighted by Crippen LogP contribution is -2.37. The summed E-state index contributed by atoms with van der Waals surface area (Å²) in [7, 11) is 0. The van der Waals surface area contributed by atoms with Gasteiger partial charge in [-0.25, -0.2) is 4.79 Å². The molecule has 1 unspecified atom stereocenters. The third kappa shape index (κ3) is 3.81. The summed E-state index contributed by atoms with van der Waals surface area (Å²) >= 11 is 0. The van der Waals surface area contributed by atoms with Gasteiger partial charge in [0.2, 0.25) is 5.91 Å². The van der Waals surface area contributed by atoms with E-state index in [0.29, 0.717) is 17.9 Å². The van der Waals surface area contributed by atoms with Crippen molar-refractivity contribution in [3.05, 3.63) is 29.8 Å². The maximum Gasteiger partial charge on any atom is 0.338 e. The molecule has 0 bridgehead atoms. The summed E-state index contributed by atoms with van der Waals surface area (Å²) in [5.74, 6) is -0.295. The van der Waals surface area contributed by atoms with Gasteiger partial charge in [0.1, 0.15) is 0 Å². The zero-order valence-electron chi connectivity index (χ0n) is 11.6. The van der Waals surface area contributed by atoms with E-state index in [9.17, 15) is 9.59 Å². The van der Waals surface area contributed by atoms with Crippen LogP contribution in [0.3, 0.4) is 0 Å². The van der Waals surface area contributed by atoms with Crippen molar-refractivity contribution in [2.24, 2.45) is 5.92 Å². The van der Waals surface area contributed by atoms with Gasteiger partial charge in [-0.05, 0) is 50.6 Å². The smallest absolute Gasteiger partial charge is 0.338 e. The van der Waals surface area contributed by atoms with E-state index in [1.807, 2.05) is 0 Å². The SMILES string of the molecule is CCOC(=O)c1ccc(NC(=O)C2CCCNC2)cc1. The predicted octanol–water partition coefficient (Wildman–Crippen LogP) is 1.80. The fourth-order valence-electron chi connectivity index (χ4n) is 2.22. The lowest BCUT2D eigenvalue weighted by molar-refractivity contribution is -0.120. The first kappa shape index (κ1) is 14.5. The maximum atomic E-state index is 12.0. The third-order valence-corrected chi connectivity index (χ3v) is 3.33. The third-order valence-electron chi connectivity index (χ3n) is 3.33. The van der Waals surface area contributed by atoms with Crippen LogP contribution in [-0.4, -0.2) is 31.6 Å². The molecule has 108 valence electrons. The van der Waals surface area contributed by atoms with Crippen molar-refractivity contribution in [3.63, 3.8) is 0 Å². The van der Waals surface area contributed by atoms with Gasteiger partial charge in [-0.2, -0.15) is 0 Å². The fraction of sp³-hybridized carbons (Fsp3) is 0.467. The van der Waals surface area contributed by atoms with Crippen LogP contribution in [-0.2, 0) is 9.53 Å². The number of esters is 1. The van der Waals surface area contributed by atoms with Crippen LogP contribution in [0.25, 0.3) is 0 Å². The van der Waals surface area contributed by atoms with E-state index >= 15 is 0 Å². The Balaban J connectivity index is 1.92. The van der Waals surface area contributed by atoms with Gasteiger partial charge < -0.3 is 15.4 Å². The quantitative estimate of drug-likeness (QED) is 0.823. The molecule has 1 amide bonds. The second-order valence-corrected chi connectivity index (χ2v) is 4.83. The number of hydrogen-bond acceptors (Lipinski definition) is 4. The number of carbonyl (C=O) groups is 2. The van der Waals surface area contributed by atoms with E-state index in [1.54, 1.807) is 31.2 Å². The second kappa shape index (κ2) is 7.05. The van der Waals surface area contributed by atoms with Gasteiger partial charge >= 0.3 is 5.97 Å². The molecule has 20 heavy (non-hydrogen) atoms. The highest BCUT2D eigenvalue weighted by molar-refractivity contribution is 5.94. The Bertz CT molecular complexity index is 465. The van der Waals surface area contributed by atoms with Crippen molar-refractivity contribution in [1.29, 1.82) is 0 Å². The van der Waals surface area contributed by atoms with Crippen molar-refractivity contribution < 1.29 is 14.3 Å². The molecule has 1 atom stereocenters. The molecule has 0 saturated carbocycles. The zero-order valence-corrected chi connectivity index (χ0v) is 11.6. The summed E-state index contributed by atoms with van der Waals surface area (Å²) in [6.07, 6.45) is 1.94. The fourth-order valence-corrected chi connectivity index (χ4v) is 2.22. The number of rotatable bonds is 4. The van der Waals surface area contributed by atoms with Crippen LogP contribution in [0.1, 0.15) is 30.1 Å². The molecule has 2 rings (SSSR count). The molecule has 5 heteroatoms. The average Bonchev–Trinajstić information content (AvgIpc) is 2.49. The van der Waals surface area contributed by atoms with Gasteiger partial charge in [0, 0.05) is 12.2 Å². The van der Waals surface area contributed by atoms with Gasteiger partial charge in [0.05, 0.1) is 18.1 Å². The summed E-state index contributed by atoms with van der Waals surface area (Å²) < 4.78 is 4.91. The van der Waals surface area contributed by atoms with Crippen LogP contribution in [0, 0.1) is 5.92 Å². The van der Waals surface area contributed by atoms with Crippen molar-refractivity contribution in [2.45, 2.75) is 19.8 Å². The largest absolute Gasteiger partial charge is 0.462 e. The highest BCUT2D eigenvalue weighted by Crippen LogP contribution is 2.15. The summed E-state index contributed by atoms with van der Waals surface area (Å²) in [5, 5.41) is 6.10. The Morgan fingerprint density at radius 3 is 2.70 bits per heavy atom. The number of nitrogens with one attached hydrogen (secondary N) is 2. The molecule has 1 heterocycles. The van der Waals surface area contributed by atoms with E-state index < -0.39 is 0 Å². The Labute approximate surface area is 118 Å². The van der Waals surface area contributed by atoms with Crippen LogP contribution in [0.4, 0.5) is 5.69 Å². The number of benzene rings is 1. The van der Waals surface area contributed by atoms with E-state index in [4.69, 9.17) is 4.74 Å². The summed E-state index contributed by atoms with van der Waals surface area (Å²) in [6.45, 7) is 3.83. The summed E-state index contributed by atoms with van der Waals surface area (Å²) in [5.41, 5.74) is 1.19. The number of carbonyl (C=O) groups excluding carboxylic acids is 2. The molecule has 1 aromatic carbocycles. The minimum absolute atomic E-state index is 0.0217. The molecule has 1 saturated heterocycles. The molecule has 0 aromatic heterocycles. The molecule has 1 aliphatic rings. The molecule has 1 aromatic rings. The van der Waals surface area contributed by atoms with Crippen LogP contribution in [0.2, 0.25) is 0 Å². The first-order valence-electron chi connectivity index (χ1n) is 6.99. The molecule has 0 aliphatic carbocycles. The van der Waals surface area contributed by atoms with Gasteiger partial charge in [0.15, 0.2) is 0 Å². The summed E-state index contributed by atoms with van der Waals surface area (Å²) in [4.78, 5) is 23.6. The number of amides is 1. The second-order valence-electron chi connectivity index (χ2n) is 4.83. The first-order valence-corrected chi connectivity index (χ1v) is 6.99. The zero-order chi connectivity index (χ0) is 14.4. The molecule has 1 aliphatic heterocycles. The molecule has 2 N–H and O–H groups in total. The van der Waals surface area contributed by atoms with E-state index in [-0.39, 0.29) is 17.8 Å². The standard InChI is InChI=1S/C15H20N2O3/c1-2-20-15(19)11-5-7-13(8-6-11)17-14(18)12-4-3-9-16-10-12/h5-8,12,16H,2-4,9-10H2,1H3,(H,17,18). The minimum Gasteiger partial charge on any atom is -0.462 e. The van der Waals surface area contributed by atoms with Gasteiger partial charge in [-0.1, -0.05) is 0 Å². The number of anilines is 1. The highest BCUT2D eigenvalue weighted by atomic mass is 16.5. The molecular formula is C15H20N2O3. The highest BCUT2D eigenvalue weighted by Gasteiger charge is 2.20. The minimum atomic E-state index is -0.346. The van der Waals surface area contributed by atoms with Crippen LogP contribution in [0.5, 0.6) is 0 Å². The number of piperidine rings is 1. The Morgan fingerprint density at radius 2 is 2.10 bits per heavy atom. The summed E-state index contributed by atoms with van der Waals surface area (Å²) in [6, 6.07) is 6.76. The van der Waals surface area contributed by atoms with Crippen molar-refractivity contribution >= 4 is 17.6 Å². The van der Waals surface area contributed by atoms with Gasteiger partial charge in [0.25, 0.3) is 0 Å². The predicted molar refractivity (Wildman–Crippen MR) is 76.6 cm³/mol. The van der Waals surface area contributed by atoms with E-state index in [1.165, 1.54) is 0 Å². The number of hydrogen-bond donors (Lipinski definition) is 2. The van der Waals surface area contributed by atoms with E-state index in [0.717, 1.165) is 25.9 Å². The first-order chi connectivity index (χ1) is 9.70. The van der Waals surface area contributed by atoms with Crippen LogP contribution < -0.4 is 10.6 Å². The van der Waals surface area contributed by atoms with Crippen molar-refractivity contribution in [3.8, 4) is 0 Å². The maximum absolute atomic E-state index is 12.0. The van der Waals surface area contributed by atoms with Crippen LogP contribution >= 0.6 is 0 Å². The topological polar surface area (TPSA) is 67.4 Å². The van der Waals surface area contributed by atoms with Crippen molar-refractivity contribution in [2.75, 3.05) is 25.0 Å². The lowest BCUT2D eigenvalue weighted by atomic mass is 9.99. The molecule has 0 spiro atoms. The monoisotopic (exact) mass is 276 g/mol.